The van der Waals surface area contributed by atoms with Gasteiger partial charge in [-0.25, -0.2) is 17.5 Å². The van der Waals surface area contributed by atoms with Crippen LogP contribution < -0.4 is 10.0 Å². The molecule has 33 heavy (non-hydrogen) atoms. The number of amides is 1. The number of rotatable bonds is 6. The first-order valence-corrected chi connectivity index (χ1v) is 12.7. The maximum atomic E-state index is 14.6. The van der Waals surface area contributed by atoms with Gasteiger partial charge >= 0.3 is 0 Å². The predicted molar refractivity (Wildman–Crippen MR) is 126 cm³/mol. The van der Waals surface area contributed by atoms with Crippen molar-refractivity contribution in [1.29, 1.82) is 0 Å². The van der Waals surface area contributed by atoms with E-state index in [1.165, 1.54) is 25.4 Å². The SMILES string of the molecule is CNC(=O)c1c(-c2ccc(S(=O)(=O)NC(C)C)cn2)n(C2CCCC2)c2cc(C)c(F)cc12. The van der Waals surface area contributed by atoms with E-state index < -0.39 is 10.0 Å². The molecule has 1 fully saturated rings. The van der Waals surface area contributed by atoms with Gasteiger partial charge in [-0.2, -0.15) is 0 Å². The molecule has 0 unspecified atom stereocenters. The number of fused-ring (bicyclic) bond motifs is 1. The topological polar surface area (TPSA) is 93.1 Å². The Bertz CT molecular complexity index is 1310. The smallest absolute Gasteiger partial charge is 0.253 e. The minimum atomic E-state index is -3.70. The summed E-state index contributed by atoms with van der Waals surface area (Å²) in [6.07, 6.45) is 5.35. The van der Waals surface area contributed by atoms with E-state index in [9.17, 15) is 17.6 Å². The number of carbonyl (C=O) groups is 1. The molecule has 0 saturated heterocycles. The summed E-state index contributed by atoms with van der Waals surface area (Å²) >= 11 is 0. The fraction of sp³-hybridized carbons (Fsp3) is 0.417. The van der Waals surface area contributed by atoms with Gasteiger partial charge in [-0.3, -0.25) is 9.78 Å². The lowest BCUT2D eigenvalue weighted by Gasteiger charge is -2.19. The zero-order valence-electron chi connectivity index (χ0n) is 19.3. The fourth-order valence-electron chi connectivity index (χ4n) is 4.64. The number of carbonyl (C=O) groups excluding carboxylic acids is 1. The number of hydrogen-bond donors (Lipinski definition) is 2. The summed E-state index contributed by atoms with van der Waals surface area (Å²) in [4.78, 5) is 17.5. The van der Waals surface area contributed by atoms with Gasteiger partial charge in [0.1, 0.15) is 10.7 Å². The molecule has 0 radical (unpaired) electrons. The second kappa shape index (κ2) is 8.87. The van der Waals surface area contributed by atoms with Gasteiger partial charge in [-0.1, -0.05) is 12.8 Å². The van der Waals surface area contributed by atoms with E-state index in [-0.39, 0.29) is 28.7 Å². The monoisotopic (exact) mass is 472 g/mol. The van der Waals surface area contributed by atoms with Gasteiger partial charge in [0.05, 0.1) is 22.5 Å². The summed E-state index contributed by atoms with van der Waals surface area (Å²) in [5, 5.41) is 3.20. The van der Waals surface area contributed by atoms with Gasteiger partial charge in [-0.15, -0.1) is 0 Å². The first kappa shape index (κ1) is 23.4. The van der Waals surface area contributed by atoms with Crippen molar-refractivity contribution in [2.75, 3.05) is 7.05 Å². The van der Waals surface area contributed by atoms with Gasteiger partial charge in [0.15, 0.2) is 0 Å². The van der Waals surface area contributed by atoms with Crippen LogP contribution in [0.15, 0.2) is 35.4 Å². The number of aromatic nitrogens is 2. The zero-order chi connectivity index (χ0) is 23.9. The summed E-state index contributed by atoms with van der Waals surface area (Å²) < 4.78 is 44.3. The lowest BCUT2D eigenvalue weighted by atomic mass is 10.1. The number of sulfonamides is 1. The third-order valence-electron chi connectivity index (χ3n) is 6.11. The maximum absolute atomic E-state index is 14.6. The Kier molecular flexibility index (Phi) is 6.28. The molecule has 2 heterocycles. The van der Waals surface area contributed by atoms with Crippen molar-refractivity contribution >= 4 is 26.8 Å². The van der Waals surface area contributed by atoms with Crippen LogP contribution in [0.2, 0.25) is 0 Å². The van der Waals surface area contributed by atoms with Crippen molar-refractivity contribution in [3.05, 3.63) is 47.4 Å². The molecule has 1 saturated carbocycles. The number of nitrogens with one attached hydrogen (secondary N) is 2. The average Bonchev–Trinajstić information content (AvgIpc) is 3.39. The highest BCUT2D eigenvalue weighted by molar-refractivity contribution is 7.89. The second-order valence-corrected chi connectivity index (χ2v) is 10.6. The highest BCUT2D eigenvalue weighted by Crippen LogP contribution is 2.41. The van der Waals surface area contributed by atoms with Crippen LogP contribution in [0, 0.1) is 12.7 Å². The van der Waals surface area contributed by atoms with E-state index >= 15 is 0 Å². The largest absolute Gasteiger partial charge is 0.355 e. The molecule has 2 aromatic heterocycles. The van der Waals surface area contributed by atoms with Crippen molar-refractivity contribution in [1.82, 2.24) is 19.6 Å². The maximum Gasteiger partial charge on any atom is 0.253 e. The van der Waals surface area contributed by atoms with Crippen LogP contribution in [0.3, 0.4) is 0 Å². The van der Waals surface area contributed by atoms with Gasteiger partial charge in [0.2, 0.25) is 10.0 Å². The number of hydrogen-bond acceptors (Lipinski definition) is 4. The van der Waals surface area contributed by atoms with Crippen LogP contribution in [0.4, 0.5) is 4.39 Å². The lowest BCUT2D eigenvalue weighted by Crippen LogP contribution is -2.30. The standard InChI is InChI=1S/C24H29FN4O3S/c1-14(2)28-33(31,32)17-9-10-20(27-13-17)23-22(24(30)26-4)18-12-19(25)15(3)11-21(18)29(23)16-7-5-6-8-16/h9-14,16,28H,5-8H2,1-4H3,(H,26,30). The van der Waals surface area contributed by atoms with E-state index in [2.05, 4.69) is 19.6 Å². The minimum Gasteiger partial charge on any atom is -0.355 e. The Balaban J connectivity index is 1.98. The molecule has 0 atom stereocenters. The summed E-state index contributed by atoms with van der Waals surface area (Å²) in [7, 11) is -2.16. The van der Waals surface area contributed by atoms with Gasteiger partial charge in [-0.05, 0) is 63.4 Å². The minimum absolute atomic E-state index is 0.0480. The van der Waals surface area contributed by atoms with Gasteiger partial charge in [0.25, 0.3) is 5.91 Å². The van der Waals surface area contributed by atoms with Crippen molar-refractivity contribution < 1.29 is 17.6 Å². The van der Waals surface area contributed by atoms with Crippen LogP contribution in [-0.4, -0.2) is 37.0 Å². The molecule has 1 aromatic carbocycles. The van der Waals surface area contributed by atoms with Crippen LogP contribution in [0.5, 0.6) is 0 Å². The van der Waals surface area contributed by atoms with Crippen LogP contribution >= 0.6 is 0 Å². The number of benzene rings is 1. The van der Waals surface area contributed by atoms with Crippen molar-refractivity contribution in [3.8, 4) is 11.4 Å². The quantitative estimate of drug-likeness (QED) is 0.559. The molecule has 2 N–H and O–H groups in total. The molecule has 4 rings (SSSR count). The first-order chi connectivity index (χ1) is 15.6. The molecule has 3 aromatic rings. The summed E-state index contributed by atoms with van der Waals surface area (Å²) in [5.41, 5.74) is 2.69. The molecular formula is C24H29FN4O3S. The highest BCUT2D eigenvalue weighted by atomic mass is 32.2. The normalized spacial score (nSPS) is 15.0. The molecule has 9 heteroatoms. The Hall–Kier alpha value is -2.78. The Morgan fingerprint density at radius 2 is 1.91 bits per heavy atom. The highest BCUT2D eigenvalue weighted by Gasteiger charge is 2.30. The molecule has 0 bridgehead atoms. The van der Waals surface area contributed by atoms with E-state index in [1.54, 1.807) is 32.9 Å². The Labute approximate surface area is 193 Å². The molecule has 1 amide bonds. The number of nitrogens with zero attached hydrogens (tertiary/aromatic N) is 2. The van der Waals surface area contributed by atoms with E-state index in [0.29, 0.717) is 27.9 Å². The Morgan fingerprint density at radius 1 is 1.21 bits per heavy atom. The molecule has 1 aliphatic carbocycles. The molecule has 7 nitrogen and oxygen atoms in total. The van der Waals surface area contributed by atoms with Crippen molar-refractivity contribution in [3.63, 3.8) is 0 Å². The average molecular weight is 473 g/mol. The second-order valence-electron chi connectivity index (χ2n) is 8.88. The van der Waals surface area contributed by atoms with E-state index in [0.717, 1.165) is 31.2 Å². The van der Waals surface area contributed by atoms with Crippen LogP contribution in [0.1, 0.15) is 61.5 Å². The molecular weight excluding hydrogens is 443 g/mol. The number of pyridine rings is 1. The number of aryl methyl sites for hydroxylation is 1. The molecule has 0 spiro atoms. The Morgan fingerprint density at radius 3 is 2.48 bits per heavy atom. The summed E-state index contributed by atoms with van der Waals surface area (Å²) in [5.74, 6) is -0.716. The molecule has 1 aliphatic rings. The van der Waals surface area contributed by atoms with Gasteiger partial charge in [0, 0.05) is 30.7 Å². The third-order valence-corrected chi connectivity index (χ3v) is 7.75. The van der Waals surface area contributed by atoms with Crippen LogP contribution in [0.25, 0.3) is 22.3 Å². The lowest BCUT2D eigenvalue weighted by molar-refractivity contribution is 0.0965. The fourth-order valence-corrected chi connectivity index (χ4v) is 5.84. The first-order valence-electron chi connectivity index (χ1n) is 11.2. The predicted octanol–water partition coefficient (Wildman–Crippen LogP) is 4.31. The zero-order valence-corrected chi connectivity index (χ0v) is 20.1. The third kappa shape index (κ3) is 4.27. The van der Waals surface area contributed by atoms with E-state index in [1.807, 2.05) is 0 Å². The summed E-state index contributed by atoms with van der Waals surface area (Å²) in [6, 6.07) is 6.20. The summed E-state index contributed by atoms with van der Waals surface area (Å²) in [6.45, 7) is 5.20. The van der Waals surface area contributed by atoms with Crippen molar-refractivity contribution in [2.45, 2.75) is 63.4 Å². The molecule has 176 valence electrons. The van der Waals surface area contributed by atoms with Gasteiger partial charge < -0.3 is 9.88 Å². The van der Waals surface area contributed by atoms with E-state index in [4.69, 9.17) is 0 Å². The van der Waals surface area contributed by atoms with Crippen LogP contribution in [-0.2, 0) is 10.0 Å². The molecule has 0 aliphatic heterocycles. The number of halogens is 1. The van der Waals surface area contributed by atoms with Crippen molar-refractivity contribution in [2.24, 2.45) is 0 Å².